The third-order valence-electron chi connectivity index (χ3n) is 2.87. The van der Waals surface area contributed by atoms with Gasteiger partial charge in [0.1, 0.15) is 6.04 Å². The van der Waals surface area contributed by atoms with Crippen LogP contribution in [0, 0.1) is 0 Å². The lowest BCUT2D eigenvalue weighted by Gasteiger charge is -2.19. The first kappa shape index (κ1) is 13.6. The number of aliphatic carboxylic acids is 1. The van der Waals surface area contributed by atoms with Gasteiger partial charge in [-0.3, -0.25) is 4.79 Å². The minimum absolute atomic E-state index is 0.239. The third-order valence-corrected chi connectivity index (χ3v) is 3.65. The molecule has 8 nitrogen and oxygen atoms in total. The lowest BCUT2D eigenvalue weighted by atomic mass is 10.2. The van der Waals surface area contributed by atoms with E-state index in [1.807, 2.05) is 0 Å². The molecule has 1 aliphatic heterocycles. The topological polar surface area (TPSA) is 131 Å². The Morgan fingerprint density at radius 1 is 1.42 bits per heavy atom. The van der Waals surface area contributed by atoms with Crippen LogP contribution in [0.1, 0.15) is 23.4 Å². The number of carboxylic acid groups (broad SMARTS) is 1. The number of hydrogen-bond acceptors (Lipinski definition) is 5. The van der Waals surface area contributed by atoms with Crippen molar-refractivity contribution in [1.29, 1.82) is 0 Å². The molecule has 0 unspecified atom stereocenters. The van der Waals surface area contributed by atoms with Gasteiger partial charge < -0.3 is 14.4 Å². The van der Waals surface area contributed by atoms with Crippen LogP contribution in [-0.4, -0.2) is 42.9 Å². The first-order valence-corrected chi connectivity index (χ1v) is 7.02. The van der Waals surface area contributed by atoms with Crippen molar-refractivity contribution in [1.82, 2.24) is 4.90 Å². The van der Waals surface area contributed by atoms with E-state index in [2.05, 4.69) is 0 Å². The molecule has 1 aromatic rings. The number of carbonyl (C=O) groups excluding carboxylic acids is 1. The smallest absolute Gasteiger partial charge is 0.326 e. The van der Waals surface area contributed by atoms with Gasteiger partial charge in [-0.15, -0.1) is 0 Å². The normalized spacial score (nSPS) is 19.6. The molecule has 0 bridgehead atoms. The number of amides is 1. The van der Waals surface area contributed by atoms with E-state index in [0.717, 1.165) is 11.0 Å². The van der Waals surface area contributed by atoms with Crippen LogP contribution >= 0.6 is 0 Å². The average Bonchev–Trinajstić information content (AvgIpc) is 2.96. The molecule has 1 amide bonds. The van der Waals surface area contributed by atoms with Gasteiger partial charge in [0.2, 0.25) is 5.09 Å². The summed E-state index contributed by atoms with van der Waals surface area (Å²) in [5, 5.41) is 13.3. The molecule has 0 radical (unpaired) electrons. The molecular weight excluding hydrogens is 276 g/mol. The van der Waals surface area contributed by atoms with Gasteiger partial charge in [0, 0.05) is 6.54 Å². The zero-order valence-electron chi connectivity index (χ0n) is 9.77. The average molecular weight is 288 g/mol. The fourth-order valence-corrected chi connectivity index (χ4v) is 2.46. The van der Waals surface area contributed by atoms with Crippen molar-refractivity contribution >= 4 is 21.9 Å². The Morgan fingerprint density at radius 3 is 2.63 bits per heavy atom. The van der Waals surface area contributed by atoms with Crippen molar-refractivity contribution in [3.8, 4) is 0 Å². The monoisotopic (exact) mass is 288 g/mol. The standard InChI is InChI=1S/C10H12N2O6S/c11-19(16,17)8-4-3-7(18-8)9(13)12-5-1-2-6(12)10(14)15/h3-4,6H,1-2,5H2,(H,14,15)(H2,11,16,17)/t6-/m1/s1. The maximum absolute atomic E-state index is 12.0. The molecule has 3 N–H and O–H groups in total. The SMILES string of the molecule is NS(=O)(=O)c1ccc(C(=O)N2CCC[C@@H]2C(=O)O)o1. The van der Waals surface area contributed by atoms with E-state index >= 15 is 0 Å². The van der Waals surface area contributed by atoms with Gasteiger partial charge in [-0.05, 0) is 25.0 Å². The predicted octanol–water partition coefficient (Wildman–Crippen LogP) is -0.384. The summed E-state index contributed by atoms with van der Waals surface area (Å²) in [7, 11) is -4.02. The van der Waals surface area contributed by atoms with Crippen molar-refractivity contribution in [3.05, 3.63) is 17.9 Å². The molecule has 19 heavy (non-hydrogen) atoms. The Morgan fingerprint density at radius 2 is 2.11 bits per heavy atom. The summed E-state index contributed by atoms with van der Waals surface area (Å²) in [4.78, 5) is 24.2. The van der Waals surface area contributed by atoms with Crippen molar-refractivity contribution in [2.24, 2.45) is 5.14 Å². The van der Waals surface area contributed by atoms with Gasteiger partial charge in [0.25, 0.3) is 15.9 Å². The second-order valence-corrected chi connectivity index (χ2v) is 5.65. The highest BCUT2D eigenvalue weighted by Gasteiger charge is 2.35. The summed E-state index contributed by atoms with van der Waals surface area (Å²) in [6.07, 6.45) is 0.940. The zero-order chi connectivity index (χ0) is 14.2. The minimum atomic E-state index is -4.02. The number of carbonyl (C=O) groups is 2. The number of furan rings is 1. The van der Waals surface area contributed by atoms with Crippen molar-refractivity contribution < 1.29 is 27.5 Å². The number of nitrogens with two attached hydrogens (primary N) is 1. The summed E-state index contributed by atoms with van der Waals surface area (Å²) in [5.41, 5.74) is 0. The fourth-order valence-electron chi connectivity index (χ4n) is 2.00. The second-order valence-electron chi connectivity index (χ2n) is 4.16. The molecule has 9 heteroatoms. The molecule has 0 aromatic carbocycles. The molecule has 1 saturated heterocycles. The van der Waals surface area contributed by atoms with Crippen LogP contribution in [0.5, 0.6) is 0 Å². The quantitative estimate of drug-likeness (QED) is 0.779. The van der Waals surface area contributed by atoms with E-state index in [-0.39, 0.29) is 5.76 Å². The molecule has 2 heterocycles. The lowest BCUT2D eigenvalue weighted by Crippen LogP contribution is -2.40. The molecule has 1 aliphatic rings. The van der Waals surface area contributed by atoms with Gasteiger partial charge in [-0.2, -0.15) is 0 Å². The van der Waals surface area contributed by atoms with Crippen molar-refractivity contribution in [2.75, 3.05) is 6.54 Å². The van der Waals surface area contributed by atoms with E-state index in [9.17, 15) is 18.0 Å². The maximum atomic E-state index is 12.0. The molecule has 0 saturated carbocycles. The van der Waals surface area contributed by atoms with Crippen LogP contribution in [0.4, 0.5) is 0 Å². The Kier molecular flexibility index (Phi) is 3.33. The van der Waals surface area contributed by atoms with Crippen LogP contribution in [0.25, 0.3) is 0 Å². The Hall–Kier alpha value is -1.87. The molecule has 0 spiro atoms. The largest absolute Gasteiger partial charge is 0.480 e. The zero-order valence-corrected chi connectivity index (χ0v) is 10.6. The van der Waals surface area contributed by atoms with Crippen LogP contribution in [0.15, 0.2) is 21.6 Å². The summed E-state index contributed by atoms with van der Waals surface area (Å²) in [6.45, 7) is 0.293. The highest BCUT2D eigenvalue weighted by Crippen LogP contribution is 2.22. The number of carboxylic acids is 1. The predicted molar refractivity (Wildman–Crippen MR) is 61.8 cm³/mol. The van der Waals surface area contributed by atoms with Crippen molar-refractivity contribution in [3.63, 3.8) is 0 Å². The number of nitrogens with zero attached hydrogens (tertiary/aromatic N) is 1. The Balaban J connectivity index is 2.25. The molecule has 1 atom stereocenters. The van der Waals surface area contributed by atoms with Crippen molar-refractivity contribution in [2.45, 2.75) is 24.0 Å². The molecular formula is C10H12N2O6S. The van der Waals surface area contributed by atoms with Crippen LogP contribution in [0.3, 0.4) is 0 Å². The summed E-state index contributed by atoms with van der Waals surface area (Å²) in [5.74, 6) is -1.99. The number of primary sulfonamides is 1. The fraction of sp³-hybridized carbons (Fsp3) is 0.400. The minimum Gasteiger partial charge on any atom is -0.480 e. The lowest BCUT2D eigenvalue weighted by molar-refractivity contribution is -0.141. The van der Waals surface area contributed by atoms with E-state index in [1.54, 1.807) is 0 Å². The van der Waals surface area contributed by atoms with Gasteiger partial charge >= 0.3 is 5.97 Å². The van der Waals surface area contributed by atoms with Gasteiger partial charge in [-0.1, -0.05) is 0 Å². The number of sulfonamides is 1. The van der Waals surface area contributed by atoms with Gasteiger partial charge in [-0.25, -0.2) is 18.4 Å². The molecule has 1 fully saturated rings. The van der Waals surface area contributed by atoms with Gasteiger partial charge in [0.15, 0.2) is 5.76 Å². The van der Waals surface area contributed by atoms with Gasteiger partial charge in [0.05, 0.1) is 0 Å². The highest BCUT2D eigenvalue weighted by molar-refractivity contribution is 7.89. The first-order chi connectivity index (χ1) is 8.80. The highest BCUT2D eigenvalue weighted by atomic mass is 32.2. The van der Waals surface area contributed by atoms with E-state index in [1.165, 1.54) is 6.07 Å². The molecule has 2 rings (SSSR count). The number of likely N-dealkylation sites (tertiary alicyclic amines) is 1. The Bertz CT molecular complexity index is 620. The maximum Gasteiger partial charge on any atom is 0.326 e. The van der Waals surface area contributed by atoms with E-state index < -0.39 is 33.0 Å². The van der Waals surface area contributed by atoms with E-state index in [0.29, 0.717) is 19.4 Å². The Labute approximate surface area is 108 Å². The summed E-state index contributed by atoms with van der Waals surface area (Å²) in [6, 6.07) is 1.32. The van der Waals surface area contributed by atoms with Crippen LogP contribution < -0.4 is 5.14 Å². The summed E-state index contributed by atoms with van der Waals surface area (Å²) >= 11 is 0. The number of hydrogen-bond donors (Lipinski definition) is 2. The third kappa shape index (κ3) is 2.61. The van der Waals surface area contributed by atoms with Crippen LogP contribution in [0.2, 0.25) is 0 Å². The van der Waals surface area contributed by atoms with Crippen LogP contribution in [-0.2, 0) is 14.8 Å². The van der Waals surface area contributed by atoms with E-state index in [4.69, 9.17) is 14.7 Å². The first-order valence-electron chi connectivity index (χ1n) is 5.47. The summed E-state index contributed by atoms with van der Waals surface area (Å²) < 4.78 is 26.9. The molecule has 1 aromatic heterocycles. The molecule has 104 valence electrons. The number of rotatable bonds is 3. The molecule has 0 aliphatic carbocycles. The second kappa shape index (κ2) is 4.67.